The maximum Gasteiger partial charge on any atom is 0.408 e. The predicted octanol–water partition coefficient (Wildman–Crippen LogP) is 4.18. The molecular formula is C22H31N3O4S. The highest BCUT2D eigenvalue weighted by atomic mass is 32.2. The predicted molar refractivity (Wildman–Crippen MR) is 119 cm³/mol. The first-order valence-corrected chi connectivity index (χ1v) is 11.8. The molecule has 2 atom stereocenters. The molecule has 3 rings (SSSR count). The third-order valence-electron chi connectivity index (χ3n) is 4.99. The van der Waals surface area contributed by atoms with E-state index in [1.54, 1.807) is 32.5 Å². The van der Waals surface area contributed by atoms with Crippen LogP contribution in [0, 0.1) is 0 Å². The van der Waals surface area contributed by atoms with Gasteiger partial charge in [-0.15, -0.1) is 0 Å². The monoisotopic (exact) mass is 433 g/mol. The number of benzene rings is 1. The summed E-state index contributed by atoms with van der Waals surface area (Å²) in [6.45, 7) is 6.63. The number of likely N-dealkylation sites (tertiary alicyclic amines) is 1. The number of amides is 2. The van der Waals surface area contributed by atoms with Crippen molar-refractivity contribution in [2.75, 3.05) is 25.1 Å². The van der Waals surface area contributed by atoms with Gasteiger partial charge >= 0.3 is 6.09 Å². The number of piperidine rings is 1. The molecule has 1 aromatic carbocycles. The lowest BCUT2D eigenvalue weighted by Crippen LogP contribution is -2.52. The van der Waals surface area contributed by atoms with E-state index in [2.05, 4.69) is 10.3 Å². The van der Waals surface area contributed by atoms with Crippen LogP contribution < -0.4 is 5.32 Å². The number of aromatic nitrogens is 1. The van der Waals surface area contributed by atoms with Crippen molar-refractivity contribution in [3.05, 3.63) is 30.2 Å². The number of rotatable bonds is 6. The topological polar surface area (TPSA) is 84.7 Å². The molecule has 0 spiro atoms. The molecule has 1 saturated heterocycles. The van der Waals surface area contributed by atoms with Crippen LogP contribution in [0.3, 0.4) is 0 Å². The Balaban J connectivity index is 1.69. The van der Waals surface area contributed by atoms with Crippen molar-refractivity contribution in [3.63, 3.8) is 0 Å². The molecule has 1 aliphatic rings. The Morgan fingerprint density at radius 2 is 2.13 bits per heavy atom. The van der Waals surface area contributed by atoms with Crippen molar-refractivity contribution >= 4 is 34.9 Å². The Morgan fingerprint density at radius 1 is 1.37 bits per heavy atom. The van der Waals surface area contributed by atoms with E-state index >= 15 is 0 Å². The van der Waals surface area contributed by atoms with Crippen LogP contribution in [-0.4, -0.2) is 58.6 Å². The van der Waals surface area contributed by atoms with Crippen molar-refractivity contribution in [2.24, 2.45) is 0 Å². The van der Waals surface area contributed by atoms with Crippen LogP contribution in [0.25, 0.3) is 11.1 Å². The Hall–Kier alpha value is -2.22. The summed E-state index contributed by atoms with van der Waals surface area (Å²) in [6, 6.07) is 7.09. The average molecular weight is 434 g/mol. The number of nitrogens with one attached hydrogen (secondary N) is 1. The smallest absolute Gasteiger partial charge is 0.408 e. The maximum absolute atomic E-state index is 13.2. The molecule has 0 unspecified atom stereocenters. The lowest BCUT2D eigenvalue weighted by Gasteiger charge is -2.34. The van der Waals surface area contributed by atoms with Gasteiger partial charge in [0.25, 0.3) is 0 Å². The molecule has 0 saturated carbocycles. The summed E-state index contributed by atoms with van der Waals surface area (Å²) in [5, 5.41) is 2.78. The number of thioether (sulfide) groups is 1. The minimum Gasteiger partial charge on any atom is -0.444 e. The summed E-state index contributed by atoms with van der Waals surface area (Å²) in [5.41, 5.74) is 0.987. The van der Waals surface area contributed by atoms with Crippen LogP contribution >= 0.6 is 11.8 Å². The van der Waals surface area contributed by atoms with E-state index < -0.39 is 17.7 Å². The van der Waals surface area contributed by atoms with Crippen LogP contribution in [0.1, 0.15) is 51.8 Å². The Bertz CT molecular complexity index is 844. The minimum absolute atomic E-state index is 0.0535. The highest BCUT2D eigenvalue weighted by Crippen LogP contribution is 2.29. The quantitative estimate of drug-likeness (QED) is 0.736. The number of para-hydroxylation sites is 2. The van der Waals surface area contributed by atoms with Gasteiger partial charge in [-0.3, -0.25) is 4.79 Å². The number of carbonyl (C=O) groups excluding carboxylic acids is 2. The fraction of sp³-hybridized carbons (Fsp3) is 0.591. The second-order valence-corrected chi connectivity index (χ2v) is 9.61. The summed E-state index contributed by atoms with van der Waals surface area (Å²) in [5.74, 6) is 1.43. The summed E-state index contributed by atoms with van der Waals surface area (Å²) < 4.78 is 11.3. The van der Waals surface area contributed by atoms with Gasteiger partial charge in [0.1, 0.15) is 17.2 Å². The van der Waals surface area contributed by atoms with Gasteiger partial charge in [0.2, 0.25) is 5.91 Å². The molecule has 164 valence electrons. The third-order valence-corrected chi connectivity index (χ3v) is 5.64. The number of hydrogen-bond acceptors (Lipinski definition) is 6. The standard InChI is InChI=1S/C22H31N3O4S/c1-22(2,3)29-21(27)24-17(11-13-30-4)20(26)25-12-7-8-15(14-25)19-23-16-9-5-6-10-18(16)28-19/h5-6,9-10,15,17H,7-8,11-14H2,1-4H3,(H,24,27)/t15-,17+/m0/s1. The van der Waals surface area contributed by atoms with Crippen LogP contribution in [-0.2, 0) is 9.53 Å². The van der Waals surface area contributed by atoms with Crippen molar-refractivity contribution < 1.29 is 18.7 Å². The van der Waals surface area contributed by atoms with Crippen molar-refractivity contribution in [1.29, 1.82) is 0 Å². The number of ether oxygens (including phenoxy) is 1. The Morgan fingerprint density at radius 3 is 2.83 bits per heavy atom. The molecule has 1 fully saturated rings. The van der Waals surface area contributed by atoms with Crippen molar-refractivity contribution in [2.45, 2.75) is 57.6 Å². The third kappa shape index (κ3) is 5.90. The van der Waals surface area contributed by atoms with Gasteiger partial charge in [0.15, 0.2) is 11.5 Å². The zero-order chi connectivity index (χ0) is 21.7. The van der Waals surface area contributed by atoms with Gasteiger partial charge in [-0.2, -0.15) is 11.8 Å². The average Bonchev–Trinajstić information content (AvgIpc) is 3.13. The van der Waals surface area contributed by atoms with Crippen LogP contribution in [0.4, 0.5) is 4.79 Å². The second kappa shape index (κ2) is 9.73. The highest BCUT2D eigenvalue weighted by Gasteiger charge is 2.33. The molecule has 1 aliphatic heterocycles. The number of carbonyl (C=O) groups is 2. The molecule has 30 heavy (non-hydrogen) atoms. The van der Waals surface area contributed by atoms with Crippen LogP contribution in [0.2, 0.25) is 0 Å². The Labute approximate surface area is 181 Å². The van der Waals surface area contributed by atoms with E-state index in [1.165, 1.54) is 0 Å². The SMILES string of the molecule is CSCC[C@@H](NC(=O)OC(C)(C)C)C(=O)N1CCC[C@H](c2nc3ccccc3o2)C1. The van der Waals surface area contributed by atoms with Gasteiger partial charge < -0.3 is 19.4 Å². The second-order valence-electron chi connectivity index (χ2n) is 8.62. The lowest BCUT2D eigenvalue weighted by atomic mass is 9.97. The van der Waals surface area contributed by atoms with Gasteiger partial charge in [0.05, 0.1) is 5.92 Å². The maximum atomic E-state index is 13.2. The molecular weight excluding hydrogens is 402 g/mol. The molecule has 8 heteroatoms. The first-order chi connectivity index (χ1) is 14.3. The highest BCUT2D eigenvalue weighted by molar-refractivity contribution is 7.98. The van der Waals surface area contributed by atoms with Crippen LogP contribution in [0.15, 0.2) is 28.7 Å². The molecule has 2 aromatic rings. The molecule has 0 radical (unpaired) electrons. The first-order valence-electron chi connectivity index (χ1n) is 10.4. The number of fused-ring (bicyclic) bond motifs is 1. The van der Waals surface area contributed by atoms with E-state index in [0.717, 1.165) is 29.7 Å². The zero-order valence-corrected chi connectivity index (χ0v) is 19.0. The van der Waals surface area contributed by atoms with E-state index in [4.69, 9.17) is 9.15 Å². The van der Waals surface area contributed by atoms with Crippen LogP contribution in [0.5, 0.6) is 0 Å². The number of hydrogen-bond donors (Lipinski definition) is 1. The molecule has 1 aromatic heterocycles. The molecule has 1 N–H and O–H groups in total. The lowest BCUT2D eigenvalue weighted by molar-refractivity contribution is -0.134. The van der Waals surface area contributed by atoms with Gasteiger partial charge in [-0.05, 0) is 64.2 Å². The van der Waals surface area contributed by atoms with E-state index in [1.807, 2.05) is 35.4 Å². The summed E-state index contributed by atoms with van der Waals surface area (Å²) >= 11 is 1.65. The normalized spacial score (nSPS) is 18.3. The van der Waals surface area contributed by atoms with Gasteiger partial charge in [-0.25, -0.2) is 9.78 Å². The van der Waals surface area contributed by atoms with Gasteiger partial charge in [-0.1, -0.05) is 12.1 Å². The minimum atomic E-state index is -0.611. The largest absolute Gasteiger partial charge is 0.444 e. The van der Waals surface area contributed by atoms with E-state index in [9.17, 15) is 9.59 Å². The molecule has 0 bridgehead atoms. The number of alkyl carbamates (subject to hydrolysis) is 1. The summed E-state index contributed by atoms with van der Waals surface area (Å²) in [4.78, 5) is 32.0. The summed E-state index contributed by atoms with van der Waals surface area (Å²) in [6.07, 6.45) is 3.78. The van der Waals surface area contributed by atoms with Crippen molar-refractivity contribution in [1.82, 2.24) is 15.2 Å². The first kappa shape index (κ1) is 22.5. The molecule has 0 aliphatic carbocycles. The molecule has 2 heterocycles. The van der Waals surface area contributed by atoms with E-state index in [-0.39, 0.29) is 11.8 Å². The van der Waals surface area contributed by atoms with Crippen molar-refractivity contribution in [3.8, 4) is 0 Å². The molecule has 2 amide bonds. The van der Waals surface area contributed by atoms with E-state index in [0.29, 0.717) is 25.4 Å². The number of nitrogens with zero attached hydrogens (tertiary/aromatic N) is 2. The fourth-order valence-electron chi connectivity index (χ4n) is 3.61. The number of oxazole rings is 1. The van der Waals surface area contributed by atoms with Gasteiger partial charge in [0, 0.05) is 13.1 Å². The Kier molecular flexibility index (Phi) is 7.28. The zero-order valence-electron chi connectivity index (χ0n) is 18.1. The summed E-state index contributed by atoms with van der Waals surface area (Å²) in [7, 11) is 0. The molecule has 7 nitrogen and oxygen atoms in total. The fourth-order valence-corrected chi connectivity index (χ4v) is 4.08.